The van der Waals surface area contributed by atoms with Crippen molar-refractivity contribution in [3.05, 3.63) is 48.6 Å². The lowest BCUT2D eigenvalue weighted by Crippen LogP contribution is -2.40. The van der Waals surface area contributed by atoms with E-state index in [9.17, 15) is 4.79 Å². The number of hydrogen-bond acceptors (Lipinski definition) is 4. The highest BCUT2D eigenvalue weighted by molar-refractivity contribution is 7.99. The van der Waals surface area contributed by atoms with Crippen LogP contribution in [0.5, 0.6) is 0 Å². The van der Waals surface area contributed by atoms with Gasteiger partial charge in [-0.1, -0.05) is 140 Å². The van der Waals surface area contributed by atoms with Gasteiger partial charge in [0.05, 0.1) is 6.54 Å². The molecule has 5 heteroatoms. The predicted octanol–water partition coefficient (Wildman–Crippen LogP) is 13.5. The normalized spacial score (nSPS) is 12.3. The van der Waals surface area contributed by atoms with Gasteiger partial charge in [-0.2, -0.15) is 23.5 Å². The average Bonchev–Trinajstić information content (AvgIpc) is 3.09. The molecule has 3 nitrogen and oxygen atoms in total. The van der Waals surface area contributed by atoms with Gasteiger partial charge in [-0.15, -0.1) is 0 Å². The number of nitrogens with zero attached hydrogens (tertiary/aromatic N) is 2. The monoisotopic (exact) mass is 719 g/mol. The molecule has 0 aliphatic carbocycles. The molecule has 0 aliphatic rings. The zero-order chi connectivity index (χ0) is 35.7. The Morgan fingerprint density at radius 1 is 0.449 bits per heavy atom. The smallest absolute Gasteiger partial charge is 0.236 e. The molecule has 0 saturated heterocycles. The van der Waals surface area contributed by atoms with Crippen molar-refractivity contribution in [3.63, 3.8) is 0 Å². The van der Waals surface area contributed by atoms with E-state index in [0.717, 1.165) is 37.4 Å². The SMILES string of the molecule is CCCCC/C=C\C/C=C\CCCCCCCCSCCN(CCSCCCCCCCC/C=C\C/C=C\CCCCC)C(=O)CN(C)C. The lowest BCUT2D eigenvalue weighted by Gasteiger charge is -2.24. The first kappa shape index (κ1) is 48.1. The van der Waals surface area contributed by atoms with Gasteiger partial charge >= 0.3 is 0 Å². The molecule has 0 heterocycles. The van der Waals surface area contributed by atoms with Gasteiger partial charge in [-0.25, -0.2) is 0 Å². The second-order valence-corrected chi connectivity index (χ2v) is 16.5. The highest BCUT2D eigenvalue weighted by Crippen LogP contribution is 2.14. The number of allylic oxidation sites excluding steroid dienone is 8. The number of rotatable bonds is 38. The van der Waals surface area contributed by atoms with Crippen LogP contribution in [0.15, 0.2) is 48.6 Å². The number of hydrogen-bond donors (Lipinski definition) is 0. The molecule has 0 aromatic heterocycles. The van der Waals surface area contributed by atoms with Crippen molar-refractivity contribution >= 4 is 29.4 Å². The van der Waals surface area contributed by atoms with E-state index in [2.05, 4.69) is 67.4 Å². The minimum atomic E-state index is 0.286. The van der Waals surface area contributed by atoms with Crippen molar-refractivity contribution in [2.24, 2.45) is 0 Å². The number of likely N-dealkylation sites (N-methyl/N-ethyl adjacent to an activating group) is 1. The Morgan fingerprint density at radius 3 is 1.16 bits per heavy atom. The van der Waals surface area contributed by atoms with Gasteiger partial charge in [-0.3, -0.25) is 4.79 Å². The summed E-state index contributed by atoms with van der Waals surface area (Å²) in [6, 6.07) is 0. The Balaban J connectivity index is 3.74. The van der Waals surface area contributed by atoms with Gasteiger partial charge in [0.1, 0.15) is 0 Å². The van der Waals surface area contributed by atoms with Crippen LogP contribution in [0.1, 0.15) is 168 Å². The number of thioether (sulfide) groups is 2. The molecule has 0 bridgehead atoms. The maximum Gasteiger partial charge on any atom is 0.236 e. The fourth-order valence-corrected chi connectivity index (χ4v) is 7.59. The Kier molecular flexibility index (Phi) is 40.7. The number of carbonyl (C=O) groups excluding carboxylic acids is 1. The van der Waals surface area contributed by atoms with Crippen LogP contribution in [0, 0.1) is 0 Å². The van der Waals surface area contributed by atoms with Gasteiger partial charge in [0.25, 0.3) is 0 Å². The quantitative estimate of drug-likeness (QED) is 0.0468. The Morgan fingerprint density at radius 2 is 0.796 bits per heavy atom. The fraction of sp³-hybridized carbons (Fsp3) is 0.795. The van der Waals surface area contributed by atoms with Crippen LogP contribution in [-0.4, -0.2) is 72.4 Å². The van der Waals surface area contributed by atoms with E-state index in [-0.39, 0.29) is 5.91 Å². The summed E-state index contributed by atoms with van der Waals surface area (Å²) >= 11 is 4.07. The van der Waals surface area contributed by atoms with Crippen molar-refractivity contribution < 1.29 is 4.79 Å². The molecule has 0 radical (unpaired) electrons. The van der Waals surface area contributed by atoms with E-state index in [1.165, 1.54) is 153 Å². The largest absolute Gasteiger partial charge is 0.340 e. The fourth-order valence-electron chi connectivity index (χ4n) is 5.67. The minimum absolute atomic E-state index is 0.286. The highest BCUT2D eigenvalue weighted by atomic mass is 32.2. The third kappa shape index (κ3) is 39.7. The van der Waals surface area contributed by atoms with Crippen molar-refractivity contribution in [1.82, 2.24) is 9.80 Å². The third-order valence-corrected chi connectivity index (χ3v) is 10.9. The number of carbonyl (C=O) groups is 1. The summed E-state index contributed by atoms with van der Waals surface area (Å²) in [4.78, 5) is 17.0. The van der Waals surface area contributed by atoms with Crippen molar-refractivity contribution in [1.29, 1.82) is 0 Å². The van der Waals surface area contributed by atoms with E-state index in [4.69, 9.17) is 0 Å². The minimum Gasteiger partial charge on any atom is -0.340 e. The summed E-state index contributed by atoms with van der Waals surface area (Å²) in [7, 11) is 3.99. The highest BCUT2D eigenvalue weighted by Gasteiger charge is 2.13. The first-order chi connectivity index (χ1) is 24.1. The topological polar surface area (TPSA) is 23.6 Å². The van der Waals surface area contributed by atoms with Crippen LogP contribution < -0.4 is 0 Å². The molecule has 0 spiro atoms. The maximum absolute atomic E-state index is 12.9. The van der Waals surface area contributed by atoms with Gasteiger partial charge in [-0.05, 0) is 103 Å². The van der Waals surface area contributed by atoms with Crippen LogP contribution in [0.4, 0.5) is 0 Å². The van der Waals surface area contributed by atoms with Gasteiger partial charge in [0.2, 0.25) is 5.91 Å². The molecule has 0 saturated carbocycles. The van der Waals surface area contributed by atoms with E-state index in [0.29, 0.717) is 6.54 Å². The number of amides is 1. The Hall–Kier alpha value is -0.910. The predicted molar refractivity (Wildman–Crippen MR) is 228 cm³/mol. The average molecular weight is 719 g/mol. The van der Waals surface area contributed by atoms with E-state index >= 15 is 0 Å². The first-order valence-corrected chi connectivity index (χ1v) is 23.1. The molecule has 49 heavy (non-hydrogen) atoms. The van der Waals surface area contributed by atoms with Crippen LogP contribution in [0.2, 0.25) is 0 Å². The molecule has 0 fully saturated rings. The standard InChI is InChI=1S/C44H82N2OS2/c1-5-7-9-11-13-15-17-19-21-23-25-27-29-31-33-35-39-48-41-37-46(44(47)43-45(3)4)38-42-49-40-36-34-32-30-28-26-24-22-20-18-16-14-12-10-8-6-2/h13-16,19-22H,5-12,17-18,23-43H2,1-4H3/b15-13-,16-14-,21-19-,22-20-. The van der Waals surface area contributed by atoms with Crippen LogP contribution in [0.25, 0.3) is 0 Å². The first-order valence-electron chi connectivity index (χ1n) is 20.8. The molecule has 0 atom stereocenters. The van der Waals surface area contributed by atoms with Crippen molar-refractivity contribution in [3.8, 4) is 0 Å². The van der Waals surface area contributed by atoms with E-state index in [1.807, 2.05) is 42.5 Å². The summed E-state index contributed by atoms with van der Waals surface area (Å²) in [5.74, 6) is 4.87. The number of unbranched alkanes of at least 4 members (excludes halogenated alkanes) is 18. The molecule has 0 aromatic rings. The van der Waals surface area contributed by atoms with Crippen LogP contribution in [-0.2, 0) is 4.79 Å². The lowest BCUT2D eigenvalue weighted by atomic mass is 10.1. The van der Waals surface area contributed by atoms with Gasteiger partial charge < -0.3 is 9.80 Å². The Labute approximate surface area is 316 Å². The second-order valence-electron chi connectivity index (χ2n) is 14.0. The maximum atomic E-state index is 12.9. The van der Waals surface area contributed by atoms with Gasteiger partial charge in [0.15, 0.2) is 0 Å². The second kappa shape index (κ2) is 41.5. The van der Waals surface area contributed by atoms with Crippen molar-refractivity contribution in [2.45, 2.75) is 168 Å². The van der Waals surface area contributed by atoms with E-state index in [1.54, 1.807) is 0 Å². The molecule has 0 rings (SSSR count). The molecule has 1 amide bonds. The van der Waals surface area contributed by atoms with E-state index < -0.39 is 0 Å². The summed E-state index contributed by atoms with van der Waals surface area (Å²) in [5, 5.41) is 0. The summed E-state index contributed by atoms with van der Waals surface area (Å²) in [6.45, 7) is 6.84. The third-order valence-electron chi connectivity index (χ3n) is 8.79. The molecule has 286 valence electrons. The molecule has 0 aliphatic heterocycles. The summed E-state index contributed by atoms with van der Waals surface area (Å²) in [5.41, 5.74) is 0. The molecular formula is C44H82N2OS2. The zero-order valence-electron chi connectivity index (χ0n) is 33.2. The molecule has 0 N–H and O–H groups in total. The van der Waals surface area contributed by atoms with Gasteiger partial charge in [0, 0.05) is 24.6 Å². The Bertz CT molecular complexity index is 738. The molecular weight excluding hydrogens is 637 g/mol. The van der Waals surface area contributed by atoms with Crippen molar-refractivity contribution in [2.75, 3.05) is 56.7 Å². The van der Waals surface area contributed by atoms with Crippen LogP contribution in [0.3, 0.4) is 0 Å². The zero-order valence-corrected chi connectivity index (χ0v) is 34.8. The molecule has 0 aromatic carbocycles. The summed E-state index contributed by atoms with van der Waals surface area (Å²) < 4.78 is 0. The van der Waals surface area contributed by atoms with Crippen LogP contribution >= 0.6 is 23.5 Å². The summed E-state index contributed by atoms with van der Waals surface area (Å²) in [6.07, 6.45) is 50.1. The molecule has 0 unspecified atom stereocenters. The lowest BCUT2D eigenvalue weighted by molar-refractivity contribution is -0.131.